The van der Waals surface area contributed by atoms with Gasteiger partial charge in [-0.3, -0.25) is 9.78 Å². The Morgan fingerprint density at radius 2 is 1.74 bits per heavy atom. The summed E-state index contributed by atoms with van der Waals surface area (Å²) < 4.78 is 37.9. The van der Waals surface area contributed by atoms with Gasteiger partial charge in [-0.05, 0) is 31.2 Å². The van der Waals surface area contributed by atoms with Gasteiger partial charge in [-0.25, -0.2) is 13.8 Å². The fraction of sp³-hybridized carbons (Fsp3) is 0.464. The van der Waals surface area contributed by atoms with Gasteiger partial charge in [0.1, 0.15) is 17.5 Å². The van der Waals surface area contributed by atoms with Gasteiger partial charge in [0, 0.05) is 49.6 Å². The number of aromatic nitrogens is 2. The normalized spacial score (nSPS) is 13.5. The zero-order chi connectivity index (χ0) is 28.1. The molecule has 1 aliphatic heterocycles. The van der Waals surface area contributed by atoms with Gasteiger partial charge in [0.15, 0.2) is 0 Å². The lowest BCUT2D eigenvalue weighted by atomic mass is 10.0. The van der Waals surface area contributed by atoms with Crippen LogP contribution in [0.1, 0.15) is 56.6 Å². The monoisotopic (exact) mass is 531 g/mol. The van der Waals surface area contributed by atoms with Gasteiger partial charge < -0.3 is 25.0 Å². The molecule has 0 saturated carbocycles. The molecule has 1 atom stereocenters. The molecule has 38 heavy (non-hydrogen) atoms. The molecule has 2 heterocycles. The molecule has 1 saturated heterocycles. The molecule has 2 aromatic carbocycles. The van der Waals surface area contributed by atoms with Gasteiger partial charge in [0.2, 0.25) is 0 Å². The fourth-order valence-corrected chi connectivity index (χ4v) is 3.87. The van der Waals surface area contributed by atoms with Crippen molar-refractivity contribution in [1.29, 1.82) is 0 Å². The van der Waals surface area contributed by atoms with Crippen molar-refractivity contribution in [3.63, 3.8) is 0 Å². The highest BCUT2D eigenvalue weighted by Gasteiger charge is 2.20. The molecule has 208 valence electrons. The van der Waals surface area contributed by atoms with E-state index < -0.39 is 17.7 Å². The van der Waals surface area contributed by atoms with Crippen LogP contribution < -0.4 is 15.5 Å². The number of rotatable bonds is 8. The lowest BCUT2D eigenvalue weighted by molar-refractivity contribution is 0.0937. The molecule has 1 aliphatic rings. The average Bonchev–Trinajstić information content (AvgIpc) is 2.94. The first-order valence-electron chi connectivity index (χ1n) is 13.1. The molecule has 3 aromatic rings. The topological polar surface area (TPSA) is 88.6 Å². The molecule has 0 spiro atoms. The Kier molecular flexibility index (Phi) is 12.8. The first-order valence-corrected chi connectivity index (χ1v) is 13.1. The van der Waals surface area contributed by atoms with Crippen molar-refractivity contribution in [2.24, 2.45) is 0 Å². The van der Waals surface area contributed by atoms with E-state index in [4.69, 9.17) is 14.5 Å². The molecule has 0 bridgehead atoms. The number of ether oxygens (including phenoxy) is 2. The Hall–Kier alpha value is -3.37. The zero-order valence-electron chi connectivity index (χ0n) is 23.1. The largest absolute Gasteiger partial charge is 0.383 e. The van der Waals surface area contributed by atoms with Gasteiger partial charge in [-0.1, -0.05) is 27.7 Å². The molecule has 0 aliphatic carbocycles. The smallest absolute Gasteiger partial charge is 0.251 e. The van der Waals surface area contributed by atoms with Crippen LogP contribution in [-0.4, -0.2) is 62.4 Å². The third-order valence-electron chi connectivity index (χ3n) is 5.57. The van der Waals surface area contributed by atoms with Crippen molar-refractivity contribution in [3.8, 4) is 0 Å². The SMILES string of the molecule is CC.CC.COCCNC(=O)c1cc(C(C)Nc2cc(F)cc(F)c2)c2nc(N3CCOCC3)cnc2c1. The van der Waals surface area contributed by atoms with E-state index in [0.29, 0.717) is 67.4 Å². The lowest BCUT2D eigenvalue weighted by Gasteiger charge is -2.28. The van der Waals surface area contributed by atoms with E-state index in [1.54, 1.807) is 25.4 Å². The summed E-state index contributed by atoms with van der Waals surface area (Å²) in [5.74, 6) is -0.929. The van der Waals surface area contributed by atoms with E-state index in [9.17, 15) is 13.6 Å². The fourth-order valence-electron chi connectivity index (χ4n) is 3.87. The number of hydrogen-bond donors (Lipinski definition) is 2. The Morgan fingerprint density at radius 1 is 1.08 bits per heavy atom. The number of methoxy groups -OCH3 is 1. The summed E-state index contributed by atoms with van der Waals surface area (Å²) in [6.45, 7) is 13.2. The predicted molar refractivity (Wildman–Crippen MR) is 148 cm³/mol. The highest BCUT2D eigenvalue weighted by molar-refractivity contribution is 5.98. The summed E-state index contributed by atoms with van der Waals surface area (Å²) in [6.07, 6.45) is 1.68. The number of hydrogen-bond acceptors (Lipinski definition) is 7. The maximum Gasteiger partial charge on any atom is 0.251 e. The second kappa shape index (κ2) is 15.8. The number of amides is 1. The molecule has 1 unspecified atom stereocenters. The summed E-state index contributed by atoms with van der Waals surface area (Å²) in [7, 11) is 1.56. The van der Waals surface area contributed by atoms with Gasteiger partial charge in [0.05, 0.1) is 43.1 Å². The van der Waals surface area contributed by atoms with Crippen LogP contribution in [0.15, 0.2) is 36.5 Å². The number of morpholine rings is 1. The standard InChI is InChI=1S/C24H27F2N5O3.2C2H6/c1-15(29-19-12-17(25)11-18(26)13-19)20-9-16(24(32)27-3-6-33-2)10-21-23(20)30-22(14-28-21)31-4-7-34-8-5-31;2*1-2/h9-15,29H,3-8H2,1-2H3,(H,27,32);2*1-2H3. The van der Waals surface area contributed by atoms with Crippen molar-refractivity contribution >= 4 is 28.4 Å². The van der Waals surface area contributed by atoms with E-state index >= 15 is 0 Å². The van der Waals surface area contributed by atoms with Crippen molar-refractivity contribution in [2.45, 2.75) is 40.7 Å². The van der Waals surface area contributed by atoms with E-state index in [2.05, 4.69) is 20.5 Å². The number of fused-ring (bicyclic) bond motifs is 1. The van der Waals surface area contributed by atoms with Gasteiger partial charge in [-0.2, -0.15) is 0 Å². The average molecular weight is 532 g/mol. The molecule has 1 fully saturated rings. The van der Waals surface area contributed by atoms with Crippen LogP contribution in [0.2, 0.25) is 0 Å². The number of anilines is 2. The minimum absolute atomic E-state index is 0.275. The Bertz CT molecular complexity index is 1150. The lowest BCUT2D eigenvalue weighted by Crippen LogP contribution is -2.36. The number of carbonyl (C=O) groups is 1. The molecule has 2 N–H and O–H groups in total. The third-order valence-corrected chi connectivity index (χ3v) is 5.57. The molecule has 4 rings (SSSR count). The van der Waals surface area contributed by atoms with Crippen LogP contribution in [0.3, 0.4) is 0 Å². The summed E-state index contributed by atoms with van der Waals surface area (Å²) in [4.78, 5) is 24.2. The van der Waals surface area contributed by atoms with Crippen LogP contribution in [0.5, 0.6) is 0 Å². The second-order valence-corrected chi connectivity index (χ2v) is 8.03. The molecule has 10 heteroatoms. The highest BCUT2D eigenvalue weighted by Crippen LogP contribution is 2.29. The number of nitrogens with one attached hydrogen (secondary N) is 2. The van der Waals surface area contributed by atoms with Crippen molar-refractivity contribution in [3.05, 3.63) is 59.3 Å². The maximum atomic E-state index is 13.7. The number of halogens is 2. The zero-order valence-corrected chi connectivity index (χ0v) is 23.1. The molecule has 0 radical (unpaired) electrons. The van der Waals surface area contributed by atoms with E-state index in [-0.39, 0.29) is 11.6 Å². The molecular weight excluding hydrogens is 492 g/mol. The summed E-state index contributed by atoms with van der Waals surface area (Å²) in [6, 6.07) is 6.24. The molecule has 1 aromatic heterocycles. The van der Waals surface area contributed by atoms with E-state index in [0.717, 1.165) is 6.07 Å². The predicted octanol–water partition coefficient (Wildman–Crippen LogP) is 5.35. The molecule has 8 nitrogen and oxygen atoms in total. The van der Waals surface area contributed by atoms with Crippen LogP contribution in [0.25, 0.3) is 11.0 Å². The molecule has 1 amide bonds. The van der Waals surface area contributed by atoms with Crippen LogP contribution in [0, 0.1) is 11.6 Å². The van der Waals surface area contributed by atoms with E-state index in [1.165, 1.54) is 12.1 Å². The summed E-state index contributed by atoms with van der Waals surface area (Å²) >= 11 is 0. The number of benzene rings is 2. The number of nitrogens with zero attached hydrogens (tertiary/aromatic N) is 3. The Morgan fingerprint density at radius 3 is 2.37 bits per heavy atom. The minimum atomic E-state index is -0.680. The quantitative estimate of drug-likeness (QED) is 0.379. The van der Waals surface area contributed by atoms with Crippen molar-refractivity contribution in [2.75, 3.05) is 56.8 Å². The van der Waals surface area contributed by atoms with Crippen molar-refractivity contribution < 1.29 is 23.0 Å². The third kappa shape index (κ3) is 8.32. The number of carbonyl (C=O) groups excluding carboxylic acids is 1. The Labute approximate surface area is 223 Å². The van der Waals surface area contributed by atoms with Crippen LogP contribution in [0.4, 0.5) is 20.3 Å². The summed E-state index contributed by atoms with van der Waals surface area (Å²) in [5, 5.41) is 5.92. The van der Waals surface area contributed by atoms with Gasteiger partial charge >= 0.3 is 0 Å². The summed E-state index contributed by atoms with van der Waals surface area (Å²) in [5.41, 5.74) is 2.53. The van der Waals surface area contributed by atoms with Crippen molar-refractivity contribution in [1.82, 2.24) is 15.3 Å². The van der Waals surface area contributed by atoms with Gasteiger partial charge in [-0.15, -0.1) is 0 Å². The first kappa shape index (κ1) is 30.9. The van der Waals surface area contributed by atoms with E-state index in [1.807, 2.05) is 34.6 Å². The Balaban J connectivity index is 0.00000121. The van der Waals surface area contributed by atoms with Crippen LogP contribution >= 0.6 is 0 Å². The van der Waals surface area contributed by atoms with Crippen LogP contribution in [-0.2, 0) is 9.47 Å². The molecular formula is C28H39F2N5O3. The maximum absolute atomic E-state index is 13.7. The first-order chi connectivity index (χ1) is 18.4. The minimum Gasteiger partial charge on any atom is -0.383 e. The second-order valence-electron chi connectivity index (χ2n) is 8.03. The highest BCUT2D eigenvalue weighted by atomic mass is 19.1. The van der Waals surface area contributed by atoms with Gasteiger partial charge in [0.25, 0.3) is 5.91 Å².